The van der Waals surface area contributed by atoms with Gasteiger partial charge in [-0.2, -0.15) is 0 Å². The lowest BCUT2D eigenvalue weighted by Gasteiger charge is -2.36. The molecule has 2 N–H and O–H groups in total. The Morgan fingerprint density at radius 3 is 2.58 bits per heavy atom. The summed E-state index contributed by atoms with van der Waals surface area (Å²) in [6.07, 6.45) is 1.24. The van der Waals surface area contributed by atoms with E-state index in [4.69, 9.17) is 11.6 Å². The van der Waals surface area contributed by atoms with Crippen molar-refractivity contribution in [3.8, 4) is 5.75 Å². The number of phenols is 1. The van der Waals surface area contributed by atoms with E-state index in [1.165, 1.54) is 0 Å². The largest absolute Gasteiger partial charge is 0.508 e. The second kappa shape index (κ2) is 5.39. The molecule has 4 nitrogen and oxygen atoms in total. The molecule has 1 aromatic carbocycles. The van der Waals surface area contributed by atoms with Crippen LogP contribution in [0.4, 0.5) is 0 Å². The first-order valence-electron chi connectivity index (χ1n) is 6.34. The summed E-state index contributed by atoms with van der Waals surface area (Å²) >= 11 is 6.07. The predicted molar refractivity (Wildman–Crippen MR) is 73.4 cm³/mol. The van der Waals surface area contributed by atoms with Gasteiger partial charge in [-0.05, 0) is 45.0 Å². The molecule has 0 aromatic heterocycles. The van der Waals surface area contributed by atoms with Crippen LogP contribution in [0, 0.1) is 5.41 Å². The number of phenolic OH excluding ortho intramolecular Hbond substituents is 1. The number of rotatable bonds is 3. The van der Waals surface area contributed by atoms with Crippen molar-refractivity contribution in [1.29, 1.82) is 0 Å². The van der Waals surface area contributed by atoms with Gasteiger partial charge in [0.1, 0.15) is 5.75 Å². The normalized spacial score (nSPS) is 19.3. The molecule has 104 valence electrons. The van der Waals surface area contributed by atoms with Crippen LogP contribution >= 0.6 is 11.6 Å². The highest BCUT2D eigenvalue weighted by Gasteiger charge is 2.36. The van der Waals surface area contributed by atoms with E-state index < -0.39 is 11.4 Å². The van der Waals surface area contributed by atoms with Gasteiger partial charge in [-0.3, -0.25) is 9.69 Å². The number of carboxylic acid groups (broad SMARTS) is 1. The van der Waals surface area contributed by atoms with Crippen LogP contribution in [0.25, 0.3) is 0 Å². The van der Waals surface area contributed by atoms with Crippen LogP contribution in [-0.4, -0.2) is 34.2 Å². The number of hydrogen-bond acceptors (Lipinski definition) is 3. The quantitative estimate of drug-likeness (QED) is 0.895. The second-order valence-corrected chi connectivity index (χ2v) is 5.79. The van der Waals surface area contributed by atoms with Gasteiger partial charge in [-0.1, -0.05) is 17.7 Å². The molecule has 0 atom stereocenters. The maximum absolute atomic E-state index is 11.2. The zero-order valence-corrected chi connectivity index (χ0v) is 11.7. The van der Waals surface area contributed by atoms with E-state index in [-0.39, 0.29) is 5.75 Å². The topological polar surface area (TPSA) is 60.8 Å². The maximum Gasteiger partial charge on any atom is 0.309 e. The van der Waals surface area contributed by atoms with Crippen molar-refractivity contribution in [3.05, 3.63) is 28.8 Å². The number of hydrogen-bond donors (Lipinski definition) is 2. The van der Waals surface area contributed by atoms with Gasteiger partial charge in [-0.25, -0.2) is 0 Å². The van der Waals surface area contributed by atoms with Crippen LogP contribution in [0.3, 0.4) is 0 Å². The van der Waals surface area contributed by atoms with Crippen LogP contribution in [-0.2, 0) is 11.3 Å². The molecule has 0 unspecified atom stereocenters. The SMILES string of the molecule is CC1(C(=O)O)CCN(Cc2c(O)cccc2Cl)CC1. The molecule has 1 heterocycles. The van der Waals surface area contributed by atoms with Gasteiger partial charge < -0.3 is 10.2 Å². The summed E-state index contributed by atoms with van der Waals surface area (Å²) in [5, 5.41) is 19.5. The Balaban J connectivity index is 2.02. The summed E-state index contributed by atoms with van der Waals surface area (Å²) in [4.78, 5) is 13.3. The molecule has 1 aliphatic rings. The minimum atomic E-state index is -0.729. The molecule has 0 saturated carbocycles. The fourth-order valence-corrected chi connectivity index (χ4v) is 2.58. The lowest BCUT2D eigenvalue weighted by Crippen LogP contribution is -2.42. The number of benzene rings is 1. The van der Waals surface area contributed by atoms with Crippen molar-refractivity contribution < 1.29 is 15.0 Å². The Bertz CT molecular complexity index is 461. The number of nitrogens with zero attached hydrogens (tertiary/aromatic N) is 1. The molecule has 1 saturated heterocycles. The van der Waals surface area contributed by atoms with Gasteiger partial charge in [0.25, 0.3) is 0 Å². The van der Waals surface area contributed by atoms with E-state index in [1.807, 2.05) is 0 Å². The predicted octanol–water partition coefficient (Wildman–Crippen LogP) is 2.73. The Kier molecular flexibility index (Phi) is 4.02. The molecular formula is C14H18ClNO3. The summed E-state index contributed by atoms with van der Waals surface area (Å²) in [5.41, 5.74) is 0.0852. The molecule has 19 heavy (non-hydrogen) atoms. The number of aliphatic carboxylic acids is 1. The summed E-state index contributed by atoms with van der Waals surface area (Å²) in [6, 6.07) is 5.08. The van der Waals surface area contributed by atoms with Crippen LogP contribution in [0.2, 0.25) is 5.02 Å². The number of likely N-dealkylation sites (tertiary alicyclic amines) is 1. The third-order valence-corrected chi connectivity index (χ3v) is 4.31. The molecule has 2 rings (SSSR count). The van der Waals surface area contributed by atoms with Gasteiger partial charge in [0.2, 0.25) is 0 Å². The molecule has 1 aliphatic heterocycles. The summed E-state index contributed by atoms with van der Waals surface area (Å²) in [6.45, 7) is 3.75. The van der Waals surface area contributed by atoms with Crippen molar-refractivity contribution in [2.75, 3.05) is 13.1 Å². The highest BCUT2D eigenvalue weighted by atomic mass is 35.5. The number of carbonyl (C=O) groups is 1. The summed E-state index contributed by atoms with van der Waals surface area (Å²) < 4.78 is 0. The van der Waals surface area contributed by atoms with Crippen molar-refractivity contribution in [3.63, 3.8) is 0 Å². The van der Waals surface area contributed by atoms with E-state index in [9.17, 15) is 15.0 Å². The first kappa shape index (κ1) is 14.2. The highest BCUT2D eigenvalue weighted by Crippen LogP contribution is 2.33. The Hall–Kier alpha value is -1.26. The van der Waals surface area contributed by atoms with Crippen LogP contribution in [0.15, 0.2) is 18.2 Å². The molecule has 0 aliphatic carbocycles. The van der Waals surface area contributed by atoms with Crippen LogP contribution in [0.1, 0.15) is 25.3 Å². The number of piperidine rings is 1. The van der Waals surface area contributed by atoms with E-state index >= 15 is 0 Å². The average Bonchev–Trinajstić information content (AvgIpc) is 2.36. The fraction of sp³-hybridized carbons (Fsp3) is 0.500. The van der Waals surface area contributed by atoms with Gasteiger partial charge in [0.05, 0.1) is 5.41 Å². The molecule has 1 fully saturated rings. The molecule has 0 amide bonds. The van der Waals surface area contributed by atoms with Crippen LogP contribution < -0.4 is 0 Å². The molecule has 0 radical (unpaired) electrons. The van der Waals surface area contributed by atoms with Crippen LogP contribution in [0.5, 0.6) is 5.75 Å². The number of halogens is 1. The molecular weight excluding hydrogens is 266 g/mol. The maximum atomic E-state index is 11.2. The van der Waals surface area contributed by atoms with E-state index in [0.29, 0.717) is 43.1 Å². The zero-order chi connectivity index (χ0) is 14.0. The van der Waals surface area contributed by atoms with E-state index in [2.05, 4.69) is 4.90 Å². The third kappa shape index (κ3) is 3.01. The Morgan fingerprint density at radius 2 is 2.05 bits per heavy atom. The second-order valence-electron chi connectivity index (χ2n) is 5.38. The van der Waals surface area contributed by atoms with Gasteiger partial charge in [0.15, 0.2) is 0 Å². The van der Waals surface area contributed by atoms with Crippen molar-refractivity contribution in [2.24, 2.45) is 5.41 Å². The standard InChI is InChI=1S/C14H18ClNO3/c1-14(13(18)19)5-7-16(8-6-14)9-10-11(15)3-2-4-12(10)17/h2-4,17H,5-9H2,1H3,(H,18,19). The van der Waals surface area contributed by atoms with Gasteiger partial charge in [-0.15, -0.1) is 0 Å². The Morgan fingerprint density at radius 1 is 1.42 bits per heavy atom. The minimum Gasteiger partial charge on any atom is -0.508 e. The summed E-state index contributed by atoms with van der Waals surface area (Å²) in [7, 11) is 0. The molecule has 0 bridgehead atoms. The molecule has 1 aromatic rings. The monoisotopic (exact) mass is 283 g/mol. The first-order valence-corrected chi connectivity index (χ1v) is 6.72. The molecule has 5 heteroatoms. The fourth-order valence-electron chi connectivity index (χ4n) is 2.35. The first-order chi connectivity index (χ1) is 8.92. The highest BCUT2D eigenvalue weighted by molar-refractivity contribution is 6.31. The van der Waals surface area contributed by atoms with Crippen molar-refractivity contribution >= 4 is 17.6 Å². The summed E-state index contributed by atoms with van der Waals surface area (Å²) in [5.74, 6) is -0.535. The van der Waals surface area contributed by atoms with E-state index in [0.717, 1.165) is 0 Å². The van der Waals surface area contributed by atoms with Crippen molar-refractivity contribution in [2.45, 2.75) is 26.3 Å². The number of carboxylic acids is 1. The third-order valence-electron chi connectivity index (χ3n) is 3.95. The minimum absolute atomic E-state index is 0.194. The van der Waals surface area contributed by atoms with Gasteiger partial charge >= 0.3 is 5.97 Å². The van der Waals surface area contributed by atoms with Crippen molar-refractivity contribution in [1.82, 2.24) is 4.90 Å². The Labute approximate surface area is 117 Å². The average molecular weight is 284 g/mol. The zero-order valence-electron chi connectivity index (χ0n) is 10.9. The molecule has 0 spiro atoms. The van der Waals surface area contributed by atoms with Gasteiger partial charge in [0, 0.05) is 17.1 Å². The number of aromatic hydroxyl groups is 1. The lowest BCUT2D eigenvalue weighted by atomic mass is 9.80. The lowest BCUT2D eigenvalue weighted by molar-refractivity contribution is -0.150. The van der Waals surface area contributed by atoms with E-state index in [1.54, 1.807) is 25.1 Å². The smallest absolute Gasteiger partial charge is 0.309 e.